The molecule has 0 saturated carbocycles. The number of benzene rings is 2. The second-order valence-corrected chi connectivity index (χ2v) is 12.4. The van der Waals surface area contributed by atoms with E-state index in [1.54, 1.807) is 23.7 Å². The first-order valence-corrected chi connectivity index (χ1v) is 16.5. The Balaban J connectivity index is 1.44. The van der Waals surface area contributed by atoms with Gasteiger partial charge in [0.05, 0.1) is 0 Å². The van der Waals surface area contributed by atoms with Crippen LogP contribution in [0.2, 0.25) is 0 Å². The fourth-order valence-electron chi connectivity index (χ4n) is 5.30. The maximum atomic E-state index is 13.7. The zero-order chi connectivity index (χ0) is 30.3. The van der Waals surface area contributed by atoms with Crippen LogP contribution in [-0.4, -0.2) is 55.2 Å². The number of thioether (sulfide) groups is 1. The van der Waals surface area contributed by atoms with Gasteiger partial charge in [-0.25, -0.2) is 10.3 Å². The summed E-state index contributed by atoms with van der Waals surface area (Å²) in [5, 5.41) is 3.04. The third-order valence-corrected chi connectivity index (χ3v) is 8.84. The van der Waals surface area contributed by atoms with Gasteiger partial charge in [-0.2, -0.15) is 0 Å². The van der Waals surface area contributed by atoms with Gasteiger partial charge in [-0.05, 0) is 68.2 Å². The summed E-state index contributed by atoms with van der Waals surface area (Å²) in [6.45, 7) is 1.21. The number of hydrogen-bond acceptors (Lipinski definition) is 6. The van der Waals surface area contributed by atoms with Crippen molar-refractivity contribution in [1.29, 1.82) is 0 Å². The van der Waals surface area contributed by atoms with Crippen molar-refractivity contribution in [3.63, 3.8) is 0 Å². The van der Waals surface area contributed by atoms with Crippen molar-refractivity contribution < 1.29 is 24.0 Å². The van der Waals surface area contributed by atoms with Crippen LogP contribution in [0.25, 0.3) is 0 Å². The molecule has 0 radical (unpaired) electrons. The predicted octanol–water partition coefficient (Wildman–Crippen LogP) is 5.57. The van der Waals surface area contributed by atoms with Gasteiger partial charge in [-0.15, -0.1) is 11.8 Å². The summed E-state index contributed by atoms with van der Waals surface area (Å²) in [6.07, 6.45) is 10.7. The summed E-state index contributed by atoms with van der Waals surface area (Å²) < 4.78 is 5.53. The average molecular weight is 608 g/mol. The number of amides is 3. The van der Waals surface area contributed by atoms with Crippen LogP contribution < -0.4 is 10.8 Å². The number of rotatable bonds is 9. The van der Waals surface area contributed by atoms with Gasteiger partial charge in [0.2, 0.25) is 17.7 Å². The van der Waals surface area contributed by atoms with E-state index in [1.165, 1.54) is 5.56 Å². The minimum atomic E-state index is -0.734. The van der Waals surface area contributed by atoms with Gasteiger partial charge in [0.1, 0.15) is 6.04 Å². The molecule has 2 aromatic rings. The monoisotopic (exact) mass is 607 g/mol. The average Bonchev–Trinajstić information content (AvgIpc) is 3.03. The van der Waals surface area contributed by atoms with Crippen molar-refractivity contribution in [3.8, 4) is 0 Å². The van der Waals surface area contributed by atoms with Crippen LogP contribution >= 0.6 is 11.8 Å². The Kier molecular flexibility index (Phi) is 13.6. The molecule has 2 aliphatic rings. The molecule has 2 aliphatic heterocycles. The number of carbonyl (C=O) groups excluding carboxylic acids is 3. The molecule has 9 heteroatoms. The molecule has 4 rings (SSSR count). The molecule has 0 aliphatic carbocycles. The standard InChI is InChI=1S/C34H45N3O5S/c1-37-20-11-5-3-2-4-9-17-28(24-31(38)36-42-32-19-10-12-21-41-32)33(39)35-30(34(37)40)23-27-16-13-18-29(22-27)43-25-26-14-7-6-8-15-26/h2-3,6-8,13-16,18,22,28,30,32H,4-5,9-12,17,19-21,23-25H2,1H3,(H,35,39)(H,36,38)/b3-2+/t28-,30+,32?/m1/s1. The summed E-state index contributed by atoms with van der Waals surface area (Å²) in [4.78, 5) is 48.4. The van der Waals surface area contributed by atoms with Gasteiger partial charge in [0.15, 0.2) is 6.29 Å². The molecule has 3 atom stereocenters. The van der Waals surface area contributed by atoms with Crippen molar-refractivity contribution in [1.82, 2.24) is 15.7 Å². The highest BCUT2D eigenvalue weighted by Crippen LogP contribution is 2.24. The quantitative estimate of drug-likeness (QED) is 0.220. The number of hydrogen-bond donors (Lipinski definition) is 2. The predicted molar refractivity (Wildman–Crippen MR) is 169 cm³/mol. The molecule has 2 aromatic carbocycles. The maximum absolute atomic E-state index is 13.7. The number of nitrogens with zero attached hydrogens (tertiary/aromatic N) is 1. The maximum Gasteiger partial charge on any atom is 0.245 e. The molecule has 1 fully saturated rings. The van der Waals surface area contributed by atoms with Crippen LogP contribution in [0, 0.1) is 5.92 Å². The van der Waals surface area contributed by atoms with Gasteiger partial charge in [0.25, 0.3) is 0 Å². The normalized spacial score (nSPS) is 23.2. The second kappa shape index (κ2) is 17.9. The molecule has 1 saturated heterocycles. The molecule has 3 amide bonds. The first-order chi connectivity index (χ1) is 21.0. The van der Waals surface area contributed by atoms with E-state index in [2.05, 4.69) is 47.2 Å². The first kappa shape index (κ1) is 32.8. The van der Waals surface area contributed by atoms with Crippen molar-refractivity contribution in [3.05, 3.63) is 77.9 Å². The molecule has 1 unspecified atom stereocenters. The van der Waals surface area contributed by atoms with E-state index in [9.17, 15) is 14.4 Å². The van der Waals surface area contributed by atoms with Gasteiger partial charge in [-0.3, -0.25) is 14.4 Å². The Hall–Kier alpha value is -3.14. The SMILES string of the molecule is CN1CCC/C=C/CCC[C@H](CC(=O)NOC2CCCCO2)C(=O)N[C@@H](Cc2cccc(SCc3ccccc3)c2)C1=O. The van der Waals surface area contributed by atoms with Crippen LogP contribution in [0.5, 0.6) is 0 Å². The minimum absolute atomic E-state index is 0.0232. The summed E-state index contributed by atoms with van der Waals surface area (Å²) in [5.41, 5.74) is 4.71. The summed E-state index contributed by atoms with van der Waals surface area (Å²) in [6, 6.07) is 17.7. The van der Waals surface area contributed by atoms with Crippen LogP contribution in [0.4, 0.5) is 0 Å². The Morgan fingerprint density at radius 3 is 2.58 bits per heavy atom. The number of ether oxygens (including phenoxy) is 1. The first-order valence-electron chi connectivity index (χ1n) is 15.5. The molecule has 0 bridgehead atoms. The topological polar surface area (TPSA) is 97.0 Å². The largest absolute Gasteiger partial charge is 0.350 e. The number of carbonyl (C=O) groups is 3. The molecular formula is C34H45N3O5S. The minimum Gasteiger partial charge on any atom is -0.350 e. The van der Waals surface area contributed by atoms with Crippen molar-refractivity contribution in [2.75, 3.05) is 20.2 Å². The fourth-order valence-corrected chi connectivity index (χ4v) is 6.23. The van der Waals surface area contributed by atoms with Crippen LogP contribution in [0.15, 0.2) is 71.6 Å². The van der Waals surface area contributed by atoms with Gasteiger partial charge >= 0.3 is 0 Å². The van der Waals surface area contributed by atoms with Gasteiger partial charge in [-0.1, -0.05) is 54.6 Å². The summed E-state index contributed by atoms with van der Waals surface area (Å²) >= 11 is 1.74. The van der Waals surface area contributed by atoms with Gasteiger partial charge < -0.3 is 15.0 Å². The van der Waals surface area contributed by atoms with E-state index < -0.39 is 18.2 Å². The molecule has 232 valence electrons. The highest BCUT2D eigenvalue weighted by molar-refractivity contribution is 7.98. The number of hydroxylamine groups is 1. The molecule has 2 heterocycles. The molecule has 43 heavy (non-hydrogen) atoms. The van der Waals surface area contributed by atoms with Crippen molar-refractivity contribution >= 4 is 29.5 Å². The highest BCUT2D eigenvalue weighted by Gasteiger charge is 2.29. The van der Waals surface area contributed by atoms with Gasteiger partial charge in [0, 0.05) is 56.0 Å². The van der Waals surface area contributed by atoms with E-state index in [0.29, 0.717) is 26.0 Å². The zero-order valence-corrected chi connectivity index (χ0v) is 26.0. The molecule has 8 nitrogen and oxygen atoms in total. The third-order valence-electron chi connectivity index (χ3n) is 7.78. The Morgan fingerprint density at radius 2 is 1.79 bits per heavy atom. The fraction of sp³-hybridized carbons (Fsp3) is 0.500. The van der Waals surface area contributed by atoms with E-state index in [-0.39, 0.29) is 24.1 Å². The van der Waals surface area contributed by atoms with E-state index >= 15 is 0 Å². The summed E-state index contributed by atoms with van der Waals surface area (Å²) in [7, 11) is 1.79. The third kappa shape index (κ3) is 11.5. The van der Waals surface area contributed by atoms with Crippen molar-refractivity contribution in [2.24, 2.45) is 5.92 Å². The smallest absolute Gasteiger partial charge is 0.245 e. The van der Waals surface area contributed by atoms with E-state index in [0.717, 1.165) is 61.2 Å². The molecule has 0 aromatic heterocycles. The highest BCUT2D eigenvalue weighted by atomic mass is 32.2. The van der Waals surface area contributed by atoms with Crippen LogP contribution in [0.1, 0.15) is 68.9 Å². The zero-order valence-electron chi connectivity index (χ0n) is 25.2. The second-order valence-electron chi connectivity index (χ2n) is 11.3. The number of allylic oxidation sites excluding steroid dienone is 2. The van der Waals surface area contributed by atoms with E-state index in [1.807, 2.05) is 30.3 Å². The lowest BCUT2D eigenvalue weighted by Crippen LogP contribution is -2.50. The van der Waals surface area contributed by atoms with Crippen molar-refractivity contribution in [2.45, 2.75) is 87.2 Å². The van der Waals surface area contributed by atoms with Crippen LogP contribution in [0.3, 0.4) is 0 Å². The lowest BCUT2D eigenvalue weighted by atomic mass is 9.95. The Bertz CT molecular complexity index is 1200. The number of nitrogens with one attached hydrogen (secondary N) is 2. The lowest BCUT2D eigenvalue weighted by Gasteiger charge is -2.27. The Labute approximate surface area is 259 Å². The Morgan fingerprint density at radius 1 is 1.00 bits per heavy atom. The van der Waals surface area contributed by atoms with Crippen LogP contribution in [-0.2, 0) is 36.1 Å². The lowest BCUT2D eigenvalue weighted by molar-refractivity contribution is -0.200. The van der Waals surface area contributed by atoms with E-state index in [4.69, 9.17) is 9.57 Å². The molecule has 0 spiro atoms. The molecular weight excluding hydrogens is 562 g/mol. The molecule has 2 N–H and O–H groups in total. The number of likely N-dealkylation sites (N-methyl/N-ethyl adjacent to an activating group) is 1. The summed E-state index contributed by atoms with van der Waals surface area (Å²) in [5.74, 6) is -0.514.